The molecular formula is C31H36O6. The highest BCUT2D eigenvalue weighted by atomic mass is 16.6. The quantitative estimate of drug-likeness (QED) is 0.408. The van der Waals surface area contributed by atoms with Gasteiger partial charge in [-0.05, 0) is 70.6 Å². The first-order valence-electron chi connectivity index (χ1n) is 13.5. The zero-order valence-electron chi connectivity index (χ0n) is 22.5. The van der Waals surface area contributed by atoms with Crippen LogP contribution in [0, 0.1) is 46.3 Å². The summed E-state index contributed by atoms with van der Waals surface area (Å²) in [5.41, 5.74) is -1.81. The van der Waals surface area contributed by atoms with Crippen LogP contribution in [-0.2, 0) is 28.7 Å². The lowest BCUT2D eigenvalue weighted by Crippen LogP contribution is -2.66. The largest absolute Gasteiger partial charge is 0.451 e. The molecule has 8 aliphatic carbocycles. The molecule has 8 aliphatic rings. The third-order valence-corrected chi connectivity index (χ3v) is 10.6. The Balaban J connectivity index is 1.47. The molecule has 0 heterocycles. The number of Topliss-reactive ketones (excluding diaryl/α,β-unsaturated/α-hetero) is 2. The maximum absolute atomic E-state index is 13.9. The molecule has 4 bridgehead atoms. The van der Waals surface area contributed by atoms with E-state index >= 15 is 0 Å². The zero-order valence-corrected chi connectivity index (χ0v) is 22.5. The summed E-state index contributed by atoms with van der Waals surface area (Å²) in [7, 11) is 0. The molecule has 0 aromatic rings. The van der Waals surface area contributed by atoms with Crippen LogP contribution in [0.3, 0.4) is 0 Å². The molecule has 0 aromatic heterocycles. The Kier molecular flexibility index (Phi) is 4.93. The Hall–Kier alpha value is -2.76. The fraction of sp³-hybridized carbons (Fsp3) is 0.613. The van der Waals surface area contributed by atoms with Gasteiger partial charge in [-0.3, -0.25) is 19.2 Å². The second-order valence-corrected chi connectivity index (χ2v) is 12.9. The maximum atomic E-state index is 13.9. The number of hydrogen-bond donors (Lipinski definition) is 0. The van der Waals surface area contributed by atoms with E-state index in [0.717, 1.165) is 24.0 Å². The van der Waals surface area contributed by atoms with Gasteiger partial charge in [0.1, 0.15) is 0 Å². The van der Waals surface area contributed by atoms with Gasteiger partial charge in [0.05, 0.1) is 10.8 Å². The van der Waals surface area contributed by atoms with Gasteiger partial charge in [0.25, 0.3) is 0 Å². The molecule has 0 aliphatic heterocycles. The minimum absolute atomic E-state index is 0.0390. The smallest absolute Gasteiger partial charge is 0.303 e. The van der Waals surface area contributed by atoms with Crippen molar-refractivity contribution in [1.29, 1.82) is 0 Å². The highest BCUT2D eigenvalue weighted by Crippen LogP contribution is 2.65. The van der Waals surface area contributed by atoms with Crippen LogP contribution in [0.4, 0.5) is 0 Å². The van der Waals surface area contributed by atoms with Crippen molar-refractivity contribution in [2.45, 2.75) is 72.0 Å². The van der Waals surface area contributed by atoms with Crippen LogP contribution in [0.25, 0.3) is 0 Å². The summed E-state index contributed by atoms with van der Waals surface area (Å²) in [6.07, 6.45) is 15.1. The summed E-state index contributed by atoms with van der Waals surface area (Å²) in [6, 6.07) is 0. The Morgan fingerprint density at radius 2 is 1.14 bits per heavy atom. The molecule has 10 atom stereocenters. The van der Waals surface area contributed by atoms with Crippen molar-refractivity contribution >= 4 is 23.5 Å². The minimum atomic E-state index is -1.23. The number of carbonyl (C=O) groups excluding carboxylic acids is 4. The van der Waals surface area contributed by atoms with Crippen molar-refractivity contribution in [3.05, 3.63) is 47.6 Å². The maximum Gasteiger partial charge on any atom is 0.303 e. The number of fused-ring (bicyclic) bond motifs is 2. The fourth-order valence-corrected chi connectivity index (χ4v) is 9.70. The summed E-state index contributed by atoms with van der Waals surface area (Å²) >= 11 is 0. The summed E-state index contributed by atoms with van der Waals surface area (Å²) in [5.74, 6) is -0.953. The SMILES string of the molecule is CC(=O)O[C@@]1(C)C(=O)[C@]2(C)C=C(CC3=C[C@]4(C)C(=O)[C@](C)(OC(C)=O)[C@@H]3C3CC=CC34)[C@@H]1C1CC=CC12. The van der Waals surface area contributed by atoms with E-state index in [1.54, 1.807) is 13.8 Å². The van der Waals surface area contributed by atoms with Gasteiger partial charge in [-0.15, -0.1) is 0 Å². The van der Waals surface area contributed by atoms with E-state index in [1.807, 2.05) is 13.8 Å². The summed E-state index contributed by atoms with van der Waals surface area (Å²) in [5, 5.41) is 0. The first-order valence-corrected chi connectivity index (χ1v) is 13.5. The predicted molar refractivity (Wildman–Crippen MR) is 136 cm³/mol. The van der Waals surface area contributed by atoms with Crippen LogP contribution in [0.2, 0.25) is 0 Å². The third-order valence-electron chi connectivity index (χ3n) is 10.6. The highest BCUT2D eigenvalue weighted by molar-refractivity contribution is 6.00. The standard InChI is InChI=1S/C31H36O6/c1-16(32)36-30(5)24-18(14-28(3,26(30)34)22-11-7-9-20(22)24)13-19-15-29(4)23-12-8-10-21(23)25(19)31(6,27(29)35)37-17(2)33/h7-8,11-12,14-15,20-25H,9-10,13H2,1-6H3/t20?,21?,22?,23?,24-,25+,28-,29+,30-,31-/m1/s1. The molecule has 2 saturated carbocycles. The Labute approximate surface area is 218 Å². The second kappa shape index (κ2) is 7.42. The predicted octanol–water partition coefficient (Wildman–Crippen LogP) is 4.70. The molecule has 0 spiro atoms. The second-order valence-electron chi connectivity index (χ2n) is 12.9. The molecule has 6 heteroatoms. The van der Waals surface area contributed by atoms with Gasteiger partial charge in [0.2, 0.25) is 0 Å². The van der Waals surface area contributed by atoms with Gasteiger partial charge >= 0.3 is 11.9 Å². The Bertz CT molecular complexity index is 1170. The van der Waals surface area contributed by atoms with Crippen LogP contribution >= 0.6 is 0 Å². The molecule has 0 N–H and O–H groups in total. The van der Waals surface area contributed by atoms with Crippen molar-refractivity contribution < 1.29 is 28.7 Å². The summed E-state index contributed by atoms with van der Waals surface area (Å²) in [6.45, 7) is 10.3. The van der Waals surface area contributed by atoms with E-state index in [4.69, 9.17) is 9.47 Å². The Morgan fingerprint density at radius 3 is 1.49 bits per heavy atom. The van der Waals surface area contributed by atoms with Gasteiger partial charge in [0.15, 0.2) is 22.8 Å². The number of ketones is 2. The van der Waals surface area contributed by atoms with E-state index in [1.165, 1.54) is 13.8 Å². The van der Waals surface area contributed by atoms with Crippen molar-refractivity contribution in [3.63, 3.8) is 0 Å². The lowest BCUT2D eigenvalue weighted by molar-refractivity contribution is -0.187. The molecule has 2 fully saturated rings. The molecule has 0 saturated heterocycles. The van der Waals surface area contributed by atoms with E-state index in [2.05, 4.69) is 36.5 Å². The topological polar surface area (TPSA) is 86.7 Å². The first kappa shape index (κ1) is 24.6. The van der Waals surface area contributed by atoms with Gasteiger partial charge in [-0.1, -0.05) is 47.6 Å². The molecule has 0 amide bonds. The number of esters is 2. The Morgan fingerprint density at radius 1 is 0.757 bits per heavy atom. The highest BCUT2D eigenvalue weighted by Gasteiger charge is 2.69. The van der Waals surface area contributed by atoms with Crippen LogP contribution < -0.4 is 0 Å². The normalized spacial score (nSPS) is 48.5. The third kappa shape index (κ3) is 2.93. The number of carbonyl (C=O) groups is 4. The van der Waals surface area contributed by atoms with E-state index in [-0.39, 0.29) is 47.1 Å². The van der Waals surface area contributed by atoms with E-state index in [9.17, 15) is 19.2 Å². The first-order chi connectivity index (χ1) is 17.3. The van der Waals surface area contributed by atoms with Crippen LogP contribution in [-0.4, -0.2) is 34.7 Å². The van der Waals surface area contributed by atoms with Gasteiger partial charge in [-0.25, -0.2) is 0 Å². The van der Waals surface area contributed by atoms with Crippen LogP contribution in [0.15, 0.2) is 47.6 Å². The molecule has 196 valence electrons. The van der Waals surface area contributed by atoms with Crippen molar-refractivity contribution in [1.82, 2.24) is 0 Å². The number of ether oxygens (including phenoxy) is 2. The average molecular weight is 505 g/mol. The van der Waals surface area contributed by atoms with Gasteiger partial charge in [-0.2, -0.15) is 0 Å². The summed E-state index contributed by atoms with van der Waals surface area (Å²) in [4.78, 5) is 52.1. The molecule has 8 rings (SSSR count). The number of hydrogen-bond acceptors (Lipinski definition) is 6. The molecule has 0 aromatic carbocycles. The summed E-state index contributed by atoms with van der Waals surface area (Å²) < 4.78 is 11.7. The van der Waals surface area contributed by atoms with Crippen molar-refractivity contribution in [2.75, 3.05) is 0 Å². The monoisotopic (exact) mass is 504 g/mol. The fourth-order valence-electron chi connectivity index (χ4n) is 9.70. The van der Waals surface area contributed by atoms with Crippen molar-refractivity contribution in [2.24, 2.45) is 46.3 Å². The minimum Gasteiger partial charge on any atom is -0.451 e. The van der Waals surface area contributed by atoms with Crippen molar-refractivity contribution in [3.8, 4) is 0 Å². The van der Waals surface area contributed by atoms with E-state index in [0.29, 0.717) is 6.42 Å². The molecule has 6 nitrogen and oxygen atoms in total. The van der Waals surface area contributed by atoms with Crippen LogP contribution in [0.1, 0.15) is 60.8 Å². The molecule has 0 radical (unpaired) electrons. The van der Waals surface area contributed by atoms with E-state index < -0.39 is 34.0 Å². The van der Waals surface area contributed by atoms with Crippen LogP contribution in [0.5, 0.6) is 0 Å². The zero-order chi connectivity index (χ0) is 26.7. The lowest BCUT2D eigenvalue weighted by atomic mass is 9.45. The number of rotatable bonds is 4. The average Bonchev–Trinajstić information content (AvgIpc) is 3.46. The molecule has 37 heavy (non-hydrogen) atoms. The van der Waals surface area contributed by atoms with Gasteiger partial charge in [0, 0.05) is 25.7 Å². The van der Waals surface area contributed by atoms with Gasteiger partial charge < -0.3 is 9.47 Å². The lowest BCUT2D eigenvalue weighted by Gasteiger charge is -2.59. The molecule has 4 unspecified atom stereocenters. The number of allylic oxidation sites excluding steroid dienone is 6. The molecular weight excluding hydrogens is 468 g/mol.